The molecule has 2 aromatic carbocycles. The van der Waals surface area contributed by atoms with Gasteiger partial charge < -0.3 is 24.2 Å². The first kappa shape index (κ1) is 20.7. The predicted molar refractivity (Wildman–Crippen MR) is 105 cm³/mol. The summed E-state index contributed by atoms with van der Waals surface area (Å²) < 4.78 is 21.4. The summed E-state index contributed by atoms with van der Waals surface area (Å²) in [6, 6.07) is 14.1. The van der Waals surface area contributed by atoms with E-state index in [0.717, 1.165) is 11.1 Å². The average molecular weight is 426 g/mol. The van der Waals surface area contributed by atoms with Crippen molar-refractivity contribution >= 4 is 25.3 Å². The van der Waals surface area contributed by atoms with Gasteiger partial charge in [-0.1, -0.05) is 35.9 Å². The van der Waals surface area contributed by atoms with Crippen molar-refractivity contribution in [2.24, 2.45) is 0 Å². The number of nitrogens with zero attached hydrogens (tertiary/aromatic N) is 1. The van der Waals surface area contributed by atoms with Crippen LogP contribution in [0.15, 0.2) is 48.5 Å². The largest absolute Gasteiger partial charge is 0.481 e. The predicted octanol–water partition coefficient (Wildman–Crippen LogP) is 3.98. The van der Waals surface area contributed by atoms with Gasteiger partial charge in [-0.25, -0.2) is 4.79 Å². The number of rotatable bonds is 7. The Morgan fingerprint density at radius 1 is 1.29 bits per heavy atom. The number of ether oxygens (including phenoxy) is 2. The molecular formula is C19H21ClNO6P. The Labute approximate surface area is 168 Å². The summed E-state index contributed by atoms with van der Waals surface area (Å²) in [5.74, 6) is 0.376. The van der Waals surface area contributed by atoms with Gasteiger partial charge in [-0.3, -0.25) is 4.57 Å². The van der Waals surface area contributed by atoms with Crippen molar-refractivity contribution in [3.8, 4) is 5.75 Å². The van der Waals surface area contributed by atoms with Gasteiger partial charge in [0.25, 0.3) is 0 Å². The lowest BCUT2D eigenvalue weighted by molar-refractivity contribution is 0.129. The van der Waals surface area contributed by atoms with Crippen LogP contribution in [0.2, 0.25) is 5.02 Å². The lowest BCUT2D eigenvalue weighted by Crippen LogP contribution is -2.35. The Morgan fingerprint density at radius 3 is 2.64 bits per heavy atom. The van der Waals surface area contributed by atoms with Gasteiger partial charge in [0.2, 0.25) is 0 Å². The zero-order valence-electron chi connectivity index (χ0n) is 15.2. The van der Waals surface area contributed by atoms with E-state index in [0.29, 0.717) is 23.7 Å². The molecule has 1 aliphatic rings. The summed E-state index contributed by atoms with van der Waals surface area (Å²) in [5.41, 5.74) is 1.83. The summed E-state index contributed by atoms with van der Waals surface area (Å²) in [7, 11) is -4.21. The third kappa shape index (κ3) is 5.49. The minimum Gasteiger partial charge on any atom is -0.481 e. The smallest absolute Gasteiger partial charge is 0.410 e. The third-order valence-corrected chi connectivity index (χ3v) is 5.15. The molecule has 7 nitrogen and oxygen atoms in total. The average Bonchev–Trinajstić information content (AvgIpc) is 3.02. The minimum atomic E-state index is -4.21. The molecule has 2 N–H and O–H groups in total. The number of hydrogen-bond donors (Lipinski definition) is 2. The van der Waals surface area contributed by atoms with Gasteiger partial charge in [0.1, 0.15) is 11.9 Å². The molecule has 2 aromatic rings. The van der Waals surface area contributed by atoms with Gasteiger partial charge in [-0.05, 0) is 48.7 Å². The van der Waals surface area contributed by atoms with Gasteiger partial charge in [0.15, 0.2) is 6.35 Å². The SMILES string of the molecule is C[C@H](Cc1ccc(OCP(=O)(O)O)cc1)N1CC(c2cccc(Cl)c2)OC1=O. The number of carbonyl (C=O) groups is 1. The van der Waals surface area contributed by atoms with E-state index in [2.05, 4.69) is 0 Å². The second kappa shape index (κ2) is 8.53. The monoisotopic (exact) mass is 425 g/mol. The minimum absolute atomic E-state index is 0.0847. The number of amides is 1. The van der Waals surface area contributed by atoms with E-state index < -0.39 is 13.9 Å². The van der Waals surface area contributed by atoms with Crippen LogP contribution in [0.1, 0.15) is 24.2 Å². The van der Waals surface area contributed by atoms with Gasteiger partial charge in [-0.15, -0.1) is 0 Å². The molecule has 0 radical (unpaired) electrons. The molecule has 1 unspecified atom stereocenters. The van der Waals surface area contributed by atoms with Crippen LogP contribution in [-0.2, 0) is 15.7 Å². The van der Waals surface area contributed by atoms with Crippen molar-refractivity contribution in [3.63, 3.8) is 0 Å². The quantitative estimate of drug-likeness (QED) is 0.651. The number of halogens is 1. The first-order valence-electron chi connectivity index (χ1n) is 8.70. The van der Waals surface area contributed by atoms with Crippen LogP contribution in [-0.4, -0.2) is 39.7 Å². The molecule has 1 heterocycles. The van der Waals surface area contributed by atoms with E-state index in [-0.39, 0.29) is 18.2 Å². The highest BCUT2D eigenvalue weighted by Gasteiger charge is 2.35. The normalized spacial score (nSPS) is 18.1. The summed E-state index contributed by atoms with van der Waals surface area (Å²) in [6.07, 6.45) is -0.764. The van der Waals surface area contributed by atoms with Crippen LogP contribution in [0.4, 0.5) is 4.79 Å². The van der Waals surface area contributed by atoms with Gasteiger partial charge in [0, 0.05) is 11.1 Å². The van der Waals surface area contributed by atoms with E-state index >= 15 is 0 Å². The number of benzene rings is 2. The van der Waals surface area contributed by atoms with Crippen LogP contribution >= 0.6 is 19.2 Å². The number of hydrogen-bond acceptors (Lipinski definition) is 4. The number of carbonyl (C=O) groups excluding carboxylic acids is 1. The van der Waals surface area contributed by atoms with E-state index in [1.807, 2.05) is 19.1 Å². The molecule has 0 aliphatic carbocycles. The van der Waals surface area contributed by atoms with E-state index in [1.54, 1.807) is 41.3 Å². The summed E-state index contributed by atoms with van der Waals surface area (Å²) in [4.78, 5) is 31.7. The van der Waals surface area contributed by atoms with Crippen LogP contribution in [0.3, 0.4) is 0 Å². The fourth-order valence-electron chi connectivity index (χ4n) is 3.05. The molecule has 9 heteroatoms. The molecule has 28 heavy (non-hydrogen) atoms. The Hall–Kier alpha value is -2.05. The topological polar surface area (TPSA) is 96.3 Å². The highest BCUT2D eigenvalue weighted by molar-refractivity contribution is 7.51. The molecule has 2 atom stereocenters. The summed E-state index contributed by atoms with van der Waals surface area (Å²) in [6.45, 7) is 2.39. The molecule has 1 fully saturated rings. The fourth-order valence-corrected chi connectivity index (χ4v) is 3.57. The maximum absolute atomic E-state index is 12.3. The van der Waals surface area contributed by atoms with Crippen LogP contribution in [0, 0.1) is 0 Å². The molecule has 1 amide bonds. The van der Waals surface area contributed by atoms with Crippen LogP contribution in [0.25, 0.3) is 0 Å². The highest BCUT2D eigenvalue weighted by Crippen LogP contribution is 2.34. The zero-order valence-corrected chi connectivity index (χ0v) is 16.8. The Bertz CT molecular complexity index is 884. The first-order valence-corrected chi connectivity index (χ1v) is 10.9. The molecule has 0 bridgehead atoms. The van der Waals surface area contributed by atoms with Gasteiger partial charge in [0.05, 0.1) is 6.54 Å². The number of cyclic esters (lactones) is 1. The summed E-state index contributed by atoms with van der Waals surface area (Å²) in [5, 5.41) is 0.598. The van der Waals surface area contributed by atoms with Gasteiger partial charge in [-0.2, -0.15) is 0 Å². The third-order valence-electron chi connectivity index (χ3n) is 4.45. The molecule has 0 saturated carbocycles. The second-order valence-electron chi connectivity index (χ2n) is 6.71. The Balaban J connectivity index is 1.59. The Morgan fingerprint density at radius 2 is 2.00 bits per heavy atom. The van der Waals surface area contributed by atoms with Crippen molar-refractivity contribution in [1.82, 2.24) is 4.90 Å². The van der Waals surface area contributed by atoms with E-state index in [1.165, 1.54) is 0 Å². The standard InChI is InChI=1S/C19H21ClNO6P/c1-13(9-14-5-7-17(8-6-14)26-12-28(23,24)25)21-11-18(27-19(21)22)15-3-2-4-16(20)10-15/h2-8,10,13,18H,9,11-12H2,1H3,(H2,23,24,25)/t13-,18?/m1/s1. The van der Waals surface area contributed by atoms with Crippen molar-refractivity contribution < 1.29 is 28.6 Å². The van der Waals surface area contributed by atoms with Crippen molar-refractivity contribution in [2.75, 3.05) is 12.9 Å². The fraction of sp³-hybridized carbons (Fsp3) is 0.316. The lowest BCUT2D eigenvalue weighted by atomic mass is 10.0. The zero-order chi connectivity index (χ0) is 20.3. The molecule has 0 spiro atoms. The van der Waals surface area contributed by atoms with Gasteiger partial charge >= 0.3 is 13.7 Å². The maximum Gasteiger partial charge on any atom is 0.410 e. The van der Waals surface area contributed by atoms with Crippen LogP contribution < -0.4 is 4.74 Å². The second-order valence-corrected chi connectivity index (χ2v) is 8.74. The molecule has 1 aliphatic heterocycles. The van der Waals surface area contributed by atoms with Crippen molar-refractivity contribution in [1.29, 1.82) is 0 Å². The molecule has 3 rings (SSSR count). The van der Waals surface area contributed by atoms with Crippen LogP contribution in [0.5, 0.6) is 5.75 Å². The van der Waals surface area contributed by atoms with E-state index in [4.69, 9.17) is 30.9 Å². The molecule has 150 valence electrons. The highest BCUT2D eigenvalue weighted by atomic mass is 35.5. The molecule has 0 aromatic heterocycles. The van der Waals surface area contributed by atoms with E-state index in [9.17, 15) is 9.36 Å². The summed E-state index contributed by atoms with van der Waals surface area (Å²) >= 11 is 6.02. The van der Waals surface area contributed by atoms with Crippen molar-refractivity contribution in [2.45, 2.75) is 25.5 Å². The maximum atomic E-state index is 12.3. The Kier molecular flexibility index (Phi) is 6.30. The molecular weight excluding hydrogens is 405 g/mol. The first-order chi connectivity index (χ1) is 13.2. The lowest BCUT2D eigenvalue weighted by Gasteiger charge is -2.22. The molecule has 1 saturated heterocycles. The van der Waals surface area contributed by atoms with Crippen molar-refractivity contribution in [3.05, 3.63) is 64.7 Å².